The highest BCUT2D eigenvalue weighted by Gasteiger charge is 2.18. The van der Waals surface area contributed by atoms with Crippen LogP contribution in [-0.4, -0.2) is 46.8 Å². The number of benzene rings is 1. The smallest absolute Gasteiger partial charge is 0.223 e. The van der Waals surface area contributed by atoms with E-state index in [-0.39, 0.29) is 0 Å². The van der Waals surface area contributed by atoms with E-state index in [0.717, 1.165) is 23.9 Å². The third-order valence-corrected chi connectivity index (χ3v) is 4.94. The first kappa shape index (κ1) is 17.0. The zero-order chi connectivity index (χ0) is 17.1. The first-order chi connectivity index (χ1) is 11.6. The van der Waals surface area contributed by atoms with Gasteiger partial charge in [-0.2, -0.15) is 4.98 Å². The molecule has 1 saturated heterocycles. The van der Waals surface area contributed by atoms with Crippen LogP contribution in [0.3, 0.4) is 0 Å². The van der Waals surface area contributed by atoms with Gasteiger partial charge in [0.1, 0.15) is 0 Å². The van der Waals surface area contributed by atoms with E-state index in [4.69, 9.17) is 0 Å². The van der Waals surface area contributed by atoms with Gasteiger partial charge in [0.2, 0.25) is 5.95 Å². The molecule has 1 aliphatic rings. The van der Waals surface area contributed by atoms with Crippen molar-refractivity contribution in [3.63, 3.8) is 0 Å². The van der Waals surface area contributed by atoms with Gasteiger partial charge in [-0.25, -0.2) is 4.68 Å². The zero-order valence-corrected chi connectivity index (χ0v) is 15.4. The predicted octanol–water partition coefficient (Wildman–Crippen LogP) is 3.58. The third-order valence-electron chi connectivity index (χ3n) is 4.94. The van der Waals surface area contributed by atoms with Gasteiger partial charge in [-0.05, 0) is 45.3 Å². The normalized spacial score (nSPS) is 17.0. The monoisotopic (exact) mass is 327 g/mol. The molecule has 0 radical (unpaired) electrons. The number of nitrogens with zero attached hydrogens (tertiary/aromatic N) is 5. The van der Waals surface area contributed by atoms with Gasteiger partial charge in [-0.3, -0.25) is 4.90 Å². The summed E-state index contributed by atoms with van der Waals surface area (Å²) in [5.74, 6) is 1.70. The Bertz CT molecular complexity index is 653. The number of hydrogen-bond acceptors (Lipinski definition) is 4. The topological polar surface area (TPSA) is 37.2 Å². The van der Waals surface area contributed by atoms with Gasteiger partial charge >= 0.3 is 0 Å². The Balaban J connectivity index is 1.79. The van der Waals surface area contributed by atoms with Crippen LogP contribution < -0.4 is 4.90 Å². The molecule has 0 amide bonds. The molecule has 1 atom stereocenters. The van der Waals surface area contributed by atoms with Crippen molar-refractivity contribution < 1.29 is 0 Å². The first-order valence-corrected chi connectivity index (χ1v) is 9.06. The van der Waals surface area contributed by atoms with Crippen LogP contribution in [0.2, 0.25) is 0 Å². The summed E-state index contributed by atoms with van der Waals surface area (Å²) in [6, 6.07) is 9.26. The summed E-state index contributed by atoms with van der Waals surface area (Å²) < 4.78 is 1.94. The van der Waals surface area contributed by atoms with Crippen LogP contribution in [0, 0.1) is 0 Å². The molecule has 130 valence electrons. The highest BCUT2D eigenvalue weighted by Crippen LogP contribution is 2.26. The molecular formula is C19H29N5. The van der Waals surface area contributed by atoms with E-state index in [1.165, 1.54) is 37.9 Å². The lowest BCUT2D eigenvalue weighted by Crippen LogP contribution is -2.32. The van der Waals surface area contributed by atoms with Crippen molar-refractivity contribution in [2.45, 2.75) is 45.7 Å². The standard InChI is InChI=1S/C19H29N5/c1-5-24-19(22(3)4)20-18(21-24)17-11-9-16(10-12-17)15(2)23-13-7-6-8-14-23/h9-12,15H,5-8,13-14H2,1-4H3/t15-/m1/s1. The second-order valence-electron chi connectivity index (χ2n) is 6.84. The Hall–Kier alpha value is -1.88. The predicted molar refractivity (Wildman–Crippen MR) is 99.3 cm³/mol. The van der Waals surface area contributed by atoms with E-state index < -0.39 is 0 Å². The maximum Gasteiger partial charge on any atom is 0.223 e. The first-order valence-electron chi connectivity index (χ1n) is 9.06. The molecule has 5 nitrogen and oxygen atoms in total. The summed E-state index contributed by atoms with van der Waals surface area (Å²) in [6.07, 6.45) is 4.03. The average Bonchev–Trinajstić information content (AvgIpc) is 3.07. The van der Waals surface area contributed by atoms with Crippen LogP contribution in [0.4, 0.5) is 5.95 Å². The highest BCUT2D eigenvalue weighted by molar-refractivity contribution is 5.57. The van der Waals surface area contributed by atoms with Crippen molar-refractivity contribution >= 4 is 5.95 Å². The fourth-order valence-electron chi connectivity index (χ4n) is 3.43. The number of aromatic nitrogens is 3. The molecule has 1 aromatic carbocycles. The second kappa shape index (κ2) is 7.34. The fourth-order valence-corrected chi connectivity index (χ4v) is 3.43. The summed E-state index contributed by atoms with van der Waals surface area (Å²) >= 11 is 0. The number of anilines is 1. The number of aryl methyl sites for hydroxylation is 1. The summed E-state index contributed by atoms with van der Waals surface area (Å²) in [4.78, 5) is 9.28. The molecule has 0 bridgehead atoms. The fraction of sp³-hybridized carbons (Fsp3) is 0.579. The Labute approximate surface area is 145 Å². The number of piperidine rings is 1. The summed E-state index contributed by atoms with van der Waals surface area (Å²) in [7, 11) is 4.01. The van der Waals surface area contributed by atoms with Gasteiger partial charge in [0, 0.05) is 32.2 Å². The Morgan fingerprint density at radius 1 is 1.08 bits per heavy atom. The number of rotatable bonds is 5. The number of likely N-dealkylation sites (tertiary alicyclic amines) is 1. The van der Waals surface area contributed by atoms with Crippen molar-refractivity contribution in [3.8, 4) is 11.4 Å². The maximum absolute atomic E-state index is 4.68. The van der Waals surface area contributed by atoms with Gasteiger partial charge < -0.3 is 4.90 Å². The molecule has 0 saturated carbocycles. The minimum atomic E-state index is 0.484. The van der Waals surface area contributed by atoms with Crippen molar-refractivity contribution in [1.29, 1.82) is 0 Å². The van der Waals surface area contributed by atoms with E-state index >= 15 is 0 Å². The quantitative estimate of drug-likeness (QED) is 0.841. The Kier molecular flexibility index (Phi) is 5.19. The Morgan fingerprint density at radius 3 is 2.29 bits per heavy atom. The number of hydrogen-bond donors (Lipinski definition) is 0. The molecule has 5 heteroatoms. The highest BCUT2D eigenvalue weighted by atomic mass is 15.4. The molecule has 0 aliphatic carbocycles. The van der Waals surface area contributed by atoms with Crippen molar-refractivity contribution in [2.24, 2.45) is 0 Å². The molecule has 0 N–H and O–H groups in total. The lowest BCUT2D eigenvalue weighted by molar-refractivity contribution is 0.175. The minimum Gasteiger partial charge on any atom is -0.347 e. The van der Waals surface area contributed by atoms with E-state index in [2.05, 4.69) is 53.1 Å². The van der Waals surface area contributed by atoms with Crippen molar-refractivity contribution in [1.82, 2.24) is 19.7 Å². The lowest BCUT2D eigenvalue weighted by atomic mass is 10.0. The van der Waals surface area contributed by atoms with E-state index in [9.17, 15) is 0 Å². The molecule has 0 spiro atoms. The minimum absolute atomic E-state index is 0.484. The zero-order valence-electron chi connectivity index (χ0n) is 15.4. The van der Waals surface area contributed by atoms with Crippen molar-refractivity contribution in [2.75, 3.05) is 32.1 Å². The van der Waals surface area contributed by atoms with Crippen LogP contribution in [0.1, 0.15) is 44.7 Å². The van der Waals surface area contributed by atoms with Crippen LogP contribution in [-0.2, 0) is 6.54 Å². The van der Waals surface area contributed by atoms with Crippen molar-refractivity contribution in [3.05, 3.63) is 29.8 Å². The molecular weight excluding hydrogens is 298 g/mol. The molecule has 1 aliphatic heterocycles. The SMILES string of the molecule is CCn1nc(-c2ccc([C@@H](C)N3CCCCC3)cc2)nc1N(C)C. The summed E-state index contributed by atoms with van der Waals surface area (Å²) in [5, 5.41) is 4.64. The van der Waals surface area contributed by atoms with E-state index in [0.29, 0.717) is 6.04 Å². The molecule has 3 rings (SSSR count). The van der Waals surface area contributed by atoms with Gasteiger partial charge in [0.05, 0.1) is 0 Å². The van der Waals surface area contributed by atoms with Crippen LogP contribution in [0.15, 0.2) is 24.3 Å². The third kappa shape index (κ3) is 3.46. The molecule has 1 aromatic heterocycles. The van der Waals surface area contributed by atoms with Gasteiger partial charge in [-0.15, -0.1) is 5.10 Å². The van der Waals surface area contributed by atoms with E-state index in [1.807, 2.05) is 23.7 Å². The molecule has 2 heterocycles. The molecule has 2 aromatic rings. The maximum atomic E-state index is 4.68. The van der Waals surface area contributed by atoms with Gasteiger partial charge in [0.25, 0.3) is 0 Å². The van der Waals surface area contributed by atoms with Crippen LogP contribution in [0.25, 0.3) is 11.4 Å². The van der Waals surface area contributed by atoms with Crippen LogP contribution >= 0.6 is 0 Å². The Morgan fingerprint density at radius 2 is 1.75 bits per heavy atom. The average molecular weight is 327 g/mol. The second-order valence-corrected chi connectivity index (χ2v) is 6.84. The lowest BCUT2D eigenvalue weighted by Gasteiger charge is -2.32. The van der Waals surface area contributed by atoms with Gasteiger partial charge in [0.15, 0.2) is 5.82 Å². The summed E-state index contributed by atoms with van der Waals surface area (Å²) in [5.41, 5.74) is 2.46. The molecule has 24 heavy (non-hydrogen) atoms. The molecule has 1 fully saturated rings. The molecule has 0 unspecified atom stereocenters. The van der Waals surface area contributed by atoms with Gasteiger partial charge in [-0.1, -0.05) is 30.7 Å². The van der Waals surface area contributed by atoms with E-state index in [1.54, 1.807) is 0 Å². The van der Waals surface area contributed by atoms with Crippen LogP contribution in [0.5, 0.6) is 0 Å². The summed E-state index contributed by atoms with van der Waals surface area (Å²) in [6.45, 7) is 7.67. The largest absolute Gasteiger partial charge is 0.347 e.